The summed E-state index contributed by atoms with van der Waals surface area (Å²) in [7, 11) is 0. The average molecular weight is 233 g/mol. The molecule has 0 bridgehead atoms. The van der Waals surface area contributed by atoms with Gasteiger partial charge in [-0.25, -0.2) is 0 Å². The monoisotopic (exact) mass is 233 g/mol. The Hall–Kier alpha value is -1.55. The smallest absolute Gasteiger partial charge is 0.253 e. The van der Waals surface area contributed by atoms with Gasteiger partial charge in [0.2, 0.25) is 0 Å². The van der Waals surface area contributed by atoms with Crippen molar-refractivity contribution in [2.75, 3.05) is 18.5 Å². The third kappa shape index (κ3) is 2.97. The summed E-state index contributed by atoms with van der Waals surface area (Å²) < 4.78 is 0. The van der Waals surface area contributed by atoms with E-state index in [4.69, 9.17) is 5.84 Å². The molecular weight excluding hydrogens is 214 g/mol. The molecule has 0 aromatic heterocycles. The van der Waals surface area contributed by atoms with Gasteiger partial charge in [-0.05, 0) is 37.1 Å². The fourth-order valence-corrected chi connectivity index (χ4v) is 2.17. The molecular formula is C13H19N3O. The van der Waals surface area contributed by atoms with Crippen LogP contribution in [0.15, 0.2) is 24.3 Å². The Kier molecular flexibility index (Phi) is 3.98. The number of hydrazine groups is 1. The largest absolute Gasteiger partial charge is 0.339 e. The number of hydrogen-bond acceptors (Lipinski definition) is 3. The zero-order chi connectivity index (χ0) is 12.1. The van der Waals surface area contributed by atoms with Gasteiger partial charge in [0.05, 0.1) is 0 Å². The van der Waals surface area contributed by atoms with E-state index in [1.165, 1.54) is 12.8 Å². The van der Waals surface area contributed by atoms with Crippen molar-refractivity contribution in [3.05, 3.63) is 29.8 Å². The average Bonchev–Trinajstić information content (AvgIpc) is 2.67. The van der Waals surface area contributed by atoms with Gasteiger partial charge in [-0.3, -0.25) is 10.6 Å². The van der Waals surface area contributed by atoms with Crippen LogP contribution in [-0.4, -0.2) is 23.9 Å². The van der Waals surface area contributed by atoms with Gasteiger partial charge in [0, 0.05) is 24.3 Å². The molecule has 0 saturated carbocycles. The SMILES string of the molecule is NNc1ccc(C(=O)N2CCCCCC2)cc1. The molecule has 0 aliphatic carbocycles. The van der Waals surface area contributed by atoms with Crippen LogP contribution in [0, 0.1) is 0 Å². The summed E-state index contributed by atoms with van der Waals surface area (Å²) >= 11 is 0. The molecule has 1 heterocycles. The van der Waals surface area contributed by atoms with Crippen LogP contribution in [0.5, 0.6) is 0 Å². The zero-order valence-electron chi connectivity index (χ0n) is 9.98. The highest BCUT2D eigenvalue weighted by molar-refractivity contribution is 5.94. The molecule has 0 atom stereocenters. The summed E-state index contributed by atoms with van der Waals surface area (Å²) in [6.45, 7) is 1.77. The Morgan fingerprint density at radius 1 is 1.06 bits per heavy atom. The number of nitrogens with two attached hydrogens (primary N) is 1. The normalized spacial score (nSPS) is 16.4. The van der Waals surface area contributed by atoms with Crippen LogP contribution in [0.4, 0.5) is 5.69 Å². The Balaban J connectivity index is 2.06. The number of nitrogen functional groups attached to an aromatic ring is 1. The van der Waals surface area contributed by atoms with E-state index >= 15 is 0 Å². The predicted molar refractivity (Wildman–Crippen MR) is 68.6 cm³/mol. The predicted octanol–water partition coefficient (Wildman–Crippen LogP) is 1.99. The summed E-state index contributed by atoms with van der Waals surface area (Å²) in [6.07, 6.45) is 4.71. The van der Waals surface area contributed by atoms with Crippen LogP contribution in [-0.2, 0) is 0 Å². The van der Waals surface area contributed by atoms with Gasteiger partial charge in [0.15, 0.2) is 0 Å². The second-order valence-electron chi connectivity index (χ2n) is 4.43. The van der Waals surface area contributed by atoms with E-state index in [0.717, 1.165) is 37.2 Å². The number of amides is 1. The molecule has 2 rings (SSSR count). The summed E-state index contributed by atoms with van der Waals surface area (Å²) in [6, 6.07) is 7.29. The molecule has 1 aromatic rings. The van der Waals surface area contributed by atoms with Gasteiger partial charge in [0.1, 0.15) is 0 Å². The third-order valence-electron chi connectivity index (χ3n) is 3.19. The standard InChI is InChI=1S/C13H19N3O/c14-15-12-7-5-11(6-8-12)13(17)16-9-3-1-2-4-10-16/h5-8,15H,1-4,9-10,14H2. The minimum atomic E-state index is 0.135. The summed E-state index contributed by atoms with van der Waals surface area (Å²) in [5.41, 5.74) is 4.12. The Labute approximate surface area is 102 Å². The van der Waals surface area contributed by atoms with Crippen molar-refractivity contribution in [2.45, 2.75) is 25.7 Å². The number of rotatable bonds is 2. The van der Waals surface area contributed by atoms with E-state index in [9.17, 15) is 4.79 Å². The maximum absolute atomic E-state index is 12.2. The summed E-state index contributed by atoms with van der Waals surface area (Å²) in [4.78, 5) is 14.2. The maximum atomic E-state index is 12.2. The van der Waals surface area contributed by atoms with E-state index in [-0.39, 0.29) is 5.91 Å². The zero-order valence-corrected chi connectivity index (χ0v) is 9.98. The van der Waals surface area contributed by atoms with E-state index in [1.54, 1.807) is 0 Å². The van der Waals surface area contributed by atoms with Crippen molar-refractivity contribution in [3.8, 4) is 0 Å². The minimum Gasteiger partial charge on any atom is -0.339 e. The van der Waals surface area contributed by atoms with Crippen LogP contribution in [0.3, 0.4) is 0 Å². The van der Waals surface area contributed by atoms with Crippen LogP contribution in [0.25, 0.3) is 0 Å². The highest BCUT2D eigenvalue weighted by Gasteiger charge is 2.16. The molecule has 4 nitrogen and oxygen atoms in total. The first kappa shape index (κ1) is 11.9. The number of benzene rings is 1. The molecule has 0 radical (unpaired) electrons. The fourth-order valence-electron chi connectivity index (χ4n) is 2.17. The Morgan fingerprint density at radius 3 is 2.18 bits per heavy atom. The van der Waals surface area contributed by atoms with Gasteiger partial charge in [-0.1, -0.05) is 12.8 Å². The first-order chi connectivity index (χ1) is 8.31. The molecule has 1 amide bonds. The molecule has 17 heavy (non-hydrogen) atoms. The number of anilines is 1. The molecule has 1 fully saturated rings. The fraction of sp³-hybridized carbons (Fsp3) is 0.462. The second kappa shape index (κ2) is 5.68. The molecule has 1 aromatic carbocycles. The van der Waals surface area contributed by atoms with Crippen molar-refractivity contribution in [3.63, 3.8) is 0 Å². The van der Waals surface area contributed by atoms with Gasteiger partial charge in [0.25, 0.3) is 5.91 Å². The molecule has 0 spiro atoms. The van der Waals surface area contributed by atoms with E-state index in [1.807, 2.05) is 29.2 Å². The van der Waals surface area contributed by atoms with Crippen molar-refractivity contribution >= 4 is 11.6 Å². The number of nitrogens with zero attached hydrogens (tertiary/aromatic N) is 1. The molecule has 3 N–H and O–H groups in total. The van der Waals surface area contributed by atoms with Crippen molar-refractivity contribution in [1.82, 2.24) is 4.90 Å². The summed E-state index contributed by atoms with van der Waals surface area (Å²) in [5.74, 6) is 5.43. The number of likely N-dealkylation sites (tertiary alicyclic amines) is 1. The topological polar surface area (TPSA) is 58.4 Å². The van der Waals surface area contributed by atoms with Gasteiger partial charge in [-0.2, -0.15) is 0 Å². The van der Waals surface area contributed by atoms with Gasteiger partial charge >= 0.3 is 0 Å². The number of carbonyl (C=O) groups excluding carboxylic acids is 1. The number of hydrogen-bond donors (Lipinski definition) is 2. The molecule has 0 unspecified atom stereocenters. The van der Waals surface area contributed by atoms with Crippen molar-refractivity contribution in [1.29, 1.82) is 0 Å². The molecule has 4 heteroatoms. The highest BCUT2D eigenvalue weighted by Crippen LogP contribution is 2.15. The first-order valence-corrected chi connectivity index (χ1v) is 6.17. The van der Waals surface area contributed by atoms with E-state index < -0.39 is 0 Å². The van der Waals surface area contributed by atoms with Crippen LogP contribution in [0.1, 0.15) is 36.0 Å². The molecule has 1 aliphatic rings. The first-order valence-electron chi connectivity index (χ1n) is 6.17. The Bertz CT molecular complexity index is 367. The second-order valence-corrected chi connectivity index (χ2v) is 4.43. The summed E-state index contributed by atoms with van der Waals surface area (Å²) in [5, 5.41) is 0. The quantitative estimate of drug-likeness (QED) is 0.606. The lowest BCUT2D eigenvalue weighted by Crippen LogP contribution is -2.31. The number of carbonyl (C=O) groups is 1. The third-order valence-corrected chi connectivity index (χ3v) is 3.19. The maximum Gasteiger partial charge on any atom is 0.253 e. The highest BCUT2D eigenvalue weighted by atomic mass is 16.2. The van der Waals surface area contributed by atoms with Crippen LogP contribution >= 0.6 is 0 Å². The lowest BCUT2D eigenvalue weighted by molar-refractivity contribution is 0.0761. The van der Waals surface area contributed by atoms with E-state index in [2.05, 4.69) is 5.43 Å². The lowest BCUT2D eigenvalue weighted by atomic mass is 10.2. The van der Waals surface area contributed by atoms with Gasteiger partial charge in [-0.15, -0.1) is 0 Å². The minimum absolute atomic E-state index is 0.135. The van der Waals surface area contributed by atoms with Gasteiger partial charge < -0.3 is 10.3 Å². The van der Waals surface area contributed by atoms with Crippen molar-refractivity contribution < 1.29 is 4.79 Å². The van der Waals surface area contributed by atoms with Crippen LogP contribution in [0.2, 0.25) is 0 Å². The lowest BCUT2D eigenvalue weighted by Gasteiger charge is -2.20. The molecule has 1 saturated heterocycles. The van der Waals surface area contributed by atoms with Crippen LogP contribution < -0.4 is 11.3 Å². The van der Waals surface area contributed by atoms with Crippen molar-refractivity contribution in [2.24, 2.45) is 5.84 Å². The van der Waals surface area contributed by atoms with E-state index in [0.29, 0.717) is 0 Å². The number of nitrogens with one attached hydrogen (secondary N) is 1. The molecule has 1 aliphatic heterocycles. The molecule has 92 valence electrons. The Morgan fingerprint density at radius 2 is 1.65 bits per heavy atom.